The number of benzene rings is 2. The van der Waals surface area contributed by atoms with Gasteiger partial charge in [-0.05, 0) is 63.5 Å². The van der Waals surface area contributed by atoms with Crippen LogP contribution in [0.1, 0.15) is 78.4 Å². The molecular formula is C39H52N3O6S2+. The highest BCUT2D eigenvalue weighted by atomic mass is 32.2. The zero-order valence-corrected chi connectivity index (χ0v) is 32.0. The molecular weight excluding hydrogens is 671 g/mol. The lowest BCUT2D eigenvalue weighted by Crippen LogP contribution is -2.28. The van der Waals surface area contributed by atoms with E-state index >= 15 is 0 Å². The van der Waals surface area contributed by atoms with Crippen LogP contribution in [0.15, 0.2) is 95.6 Å². The molecule has 0 atom stereocenters. The molecule has 0 saturated heterocycles. The predicted molar refractivity (Wildman–Crippen MR) is 203 cm³/mol. The second kappa shape index (κ2) is 15.7. The average Bonchev–Trinajstić information content (AvgIpc) is 3.38. The van der Waals surface area contributed by atoms with E-state index < -0.39 is 25.6 Å². The number of Topliss-reactive ketones (excluding diaryl/α,β-unsaturated/α-hetero) is 1. The maximum absolute atomic E-state index is 13.4. The van der Waals surface area contributed by atoms with Gasteiger partial charge in [0.15, 0.2) is 5.71 Å². The number of carbonyl (C=O) groups excluding carboxylic acids is 1. The van der Waals surface area contributed by atoms with Crippen molar-refractivity contribution in [2.24, 2.45) is 0 Å². The molecule has 0 bridgehead atoms. The van der Waals surface area contributed by atoms with Crippen LogP contribution in [0.5, 0.6) is 0 Å². The van der Waals surface area contributed by atoms with Gasteiger partial charge in [-0.3, -0.25) is 4.55 Å². The number of rotatable bonds is 16. The molecule has 4 rings (SSSR count). The lowest BCUT2D eigenvalue weighted by molar-refractivity contribution is -0.437. The molecule has 0 unspecified atom stereocenters. The van der Waals surface area contributed by atoms with Crippen LogP contribution in [0.2, 0.25) is 0 Å². The first-order valence-electron chi connectivity index (χ1n) is 17.2. The van der Waals surface area contributed by atoms with Gasteiger partial charge in [0.25, 0.3) is 10.1 Å². The molecule has 0 saturated carbocycles. The van der Waals surface area contributed by atoms with Crippen molar-refractivity contribution in [3.8, 4) is 0 Å². The van der Waals surface area contributed by atoms with Crippen molar-refractivity contribution in [1.29, 1.82) is 0 Å². The highest BCUT2D eigenvalue weighted by Gasteiger charge is 2.44. The summed E-state index contributed by atoms with van der Waals surface area (Å²) in [4.78, 5) is 13.9. The minimum Gasteiger partial charge on any atom is -0.344 e. The molecule has 11 heteroatoms. The van der Waals surface area contributed by atoms with Crippen LogP contribution in [-0.4, -0.2) is 74.2 Å². The van der Waals surface area contributed by atoms with Crippen molar-refractivity contribution < 1.29 is 30.8 Å². The molecule has 2 aromatic rings. The number of fused-ring (bicyclic) bond motifs is 2. The second-order valence-corrected chi connectivity index (χ2v) is 17.7. The SMILES string of the molecule is CCCN1/C(=C/C=C/C=C/C=C/C2=[N+](CCCS(=O)(=O)O)c3ccccc3C2(C)C)C(C)(C)c2cc(S(=O)(=O)N(C)CCCC(C)=O)ccc21. The van der Waals surface area contributed by atoms with Gasteiger partial charge in [-0.1, -0.05) is 69.4 Å². The zero-order valence-electron chi connectivity index (χ0n) is 30.4. The fraction of sp³-hybridized carbons (Fsp3) is 0.436. The standard InChI is InChI=1S/C39H51N3O6S2/c1-8-25-41-35-24-23-31(50(47,48)40(7)26-16-18-30(2)43)29-33(35)39(5,6)37(41)22-13-11-9-10-12-21-36-38(3,4)32-19-14-15-20-34(32)42(36)27-17-28-49(44,45)46/h9-15,19-24,29H,8,16-18,25-28H2,1-7H3/p+1. The molecule has 0 spiro atoms. The summed E-state index contributed by atoms with van der Waals surface area (Å²) in [6, 6.07) is 13.5. The molecule has 2 aliphatic rings. The normalized spacial score (nSPS) is 18.0. The van der Waals surface area contributed by atoms with Gasteiger partial charge in [0.1, 0.15) is 12.3 Å². The highest BCUT2D eigenvalue weighted by Crippen LogP contribution is 2.48. The van der Waals surface area contributed by atoms with E-state index in [2.05, 4.69) is 62.3 Å². The van der Waals surface area contributed by atoms with Gasteiger partial charge in [-0.25, -0.2) is 12.7 Å². The first kappa shape index (κ1) is 39.2. The first-order chi connectivity index (χ1) is 23.4. The van der Waals surface area contributed by atoms with E-state index in [9.17, 15) is 26.2 Å². The molecule has 2 aromatic carbocycles. The number of sulfonamides is 1. The van der Waals surface area contributed by atoms with Crippen molar-refractivity contribution >= 4 is 43.0 Å². The summed E-state index contributed by atoms with van der Waals surface area (Å²) in [7, 11) is -6.19. The smallest absolute Gasteiger partial charge is 0.265 e. The topological polar surface area (TPSA) is 115 Å². The van der Waals surface area contributed by atoms with E-state index in [1.54, 1.807) is 19.2 Å². The maximum Gasteiger partial charge on any atom is 0.265 e. The van der Waals surface area contributed by atoms with Crippen LogP contribution in [0, 0.1) is 0 Å². The van der Waals surface area contributed by atoms with E-state index in [0.717, 1.165) is 41.3 Å². The monoisotopic (exact) mass is 722 g/mol. The average molecular weight is 723 g/mol. The van der Waals surface area contributed by atoms with Crippen molar-refractivity contribution in [3.05, 3.63) is 102 Å². The Hall–Kier alpha value is -3.64. The number of nitrogens with zero attached hydrogens (tertiary/aromatic N) is 3. The number of carbonyl (C=O) groups is 1. The molecule has 1 N–H and O–H groups in total. The molecule has 50 heavy (non-hydrogen) atoms. The third-order valence-electron chi connectivity index (χ3n) is 9.56. The summed E-state index contributed by atoms with van der Waals surface area (Å²) >= 11 is 0. The van der Waals surface area contributed by atoms with E-state index in [1.165, 1.54) is 16.8 Å². The van der Waals surface area contributed by atoms with Crippen LogP contribution in [0.25, 0.3) is 0 Å². The molecule has 270 valence electrons. The van der Waals surface area contributed by atoms with Gasteiger partial charge in [-0.15, -0.1) is 0 Å². The van der Waals surface area contributed by atoms with Crippen LogP contribution in [0.3, 0.4) is 0 Å². The molecule has 2 heterocycles. The van der Waals surface area contributed by atoms with Crippen molar-refractivity contribution in [1.82, 2.24) is 4.31 Å². The lowest BCUT2D eigenvalue weighted by Gasteiger charge is -2.26. The van der Waals surface area contributed by atoms with Crippen LogP contribution in [-0.2, 0) is 35.8 Å². The zero-order chi connectivity index (χ0) is 36.9. The number of anilines is 1. The van der Waals surface area contributed by atoms with E-state index in [1.807, 2.05) is 54.6 Å². The number of hydrogen-bond acceptors (Lipinski definition) is 6. The summed E-state index contributed by atoms with van der Waals surface area (Å²) in [6.45, 7) is 13.7. The van der Waals surface area contributed by atoms with Gasteiger partial charge in [0, 0.05) is 67.5 Å². The summed E-state index contributed by atoms with van der Waals surface area (Å²) in [6.07, 6.45) is 16.1. The molecule has 9 nitrogen and oxygen atoms in total. The summed E-state index contributed by atoms with van der Waals surface area (Å²) in [5.74, 6) is -0.244. The van der Waals surface area contributed by atoms with Crippen LogP contribution in [0.4, 0.5) is 11.4 Å². The fourth-order valence-electron chi connectivity index (χ4n) is 6.90. The first-order valence-corrected chi connectivity index (χ1v) is 20.3. The van der Waals surface area contributed by atoms with Crippen LogP contribution < -0.4 is 4.90 Å². The molecule has 0 aromatic heterocycles. The summed E-state index contributed by atoms with van der Waals surface area (Å²) in [5, 5.41) is 0. The van der Waals surface area contributed by atoms with Gasteiger partial charge >= 0.3 is 0 Å². The third-order valence-corrected chi connectivity index (χ3v) is 12.2. The Kier molecular flexibility index (Phi) is 12.3. The largest absolute Gasteiger partial charge is 0.344 e. The van der Waals surface area contributed by atoms with E-state index in [-0.39, 0.29) is 28.4 Å². The Labute approximate surface area is 299 Å². The predicted octanol–water partition coefficient (Wildman–Crippen LogP) is 7.09. The Morgan fingerprint density at radius 2 is 1.60 bits per heavy atom. The number of para-hydroxylation sites is 1. The van der Waals surface area contributed by atoms with E-state index in [4.69, 9.17) is 0 Å². The minimum absolute atomic E-state index is 0.0464. The Morgan fingerprint density at radius 1 is 0.920 bits per heavy atom. The minimum atomic E-state index is -4.04. The lowest BCUT2D eigenvalue weighted by atomic mass is 9.81. The van der Waals surface area contributed by atoms with Crippen LogP contribution >= 0.6 is 0 Å². The third kappa shape index (κ3) is 8.62. The van der Waals surface area contributed by atoms with Crippen molar-refractivity contribution in [2.45, 2.75) is 83.0 Å². The van der Waals surface area contributed by atoms with Crippen molar-refractivity contribution in [2.75, 3.05) is 37.3 Å². The van der Waals surface area contributed by atoms with Gasteiger partial charge in [0.2, 0.25) is 15.7 Å². The second-order valence-electron chi connectivity index (χ2n) is 14.1. The van der Waals surface area contributed by atoms with Gasteiger partial charge in [-0.2, -0.15) is 13.0 Å². The highest BCUT2D eigenvalue weighted by molar-refractivity contribution is 7.89. The Balaban J connectivity index is 1.54. The maximum atomic E-state index is 13.4. The number of allylic oxidation sites excluding steroid dienone is 8. The quantitative estimate of drug-likeness (QED) is 0.112. The molecule has 0 fully saturated rings. The fourth-order valence-corrected chi connectivity index (χ4v) is 8.63. The number of hydrogen-bond donors (Lipinski definition) is 1. The summed E-state index contributed by atoms with van der Waals surface area (Å²) < 4.78 is 62.3. The Morgan fingerprint density at radius 3 is 2.28 bits per heavy atom. The van der Waals surface area contributed by atoms with Gasteiger partial charge < -0.3 is 9.69 Å². The molecule has 0 aliphatic carbocycles. The molecule has 0 amide bonds. The van der Waals surface area contributed by atoms with E-state index in [0.29, 0.717) is 25.8 Å². The van der Waals surface area contributed by atoms with Crippen molar-refractivity contribution in [3.63, 3.8) is 0 Å². The number of ketones is 1. The molecule has 2 aliphatic heterocycles. The van der Waals surface area contributed by atoms with Gasteiger partial charge in [0.05, 0.1) is 16.1 Å². The summed E-state index contributed by atoms with van der Waals surface area (Å²) in [5.41, 5.74) is 5.59. The molecule has 0 radical (unpaired) electrons. The Bertz CT molecular complexity index is 1970.